The number of carboxylic acids is 1. The summed E-state index contributed by atoms with van der Waals surface area (Å²) in [5, 5.41) is 8.61. The molecule has 0 amide bonds. The molecule has 56 valence electrons. The number of rotatable bonds is 3. The molecule has 0 spiro atoms. The fourth-order valence-corrected chi connectivity index (χ4v) is 1.60. The van der Waals surface area contributed by atoms with E-state index < -0.39 is 5.97 Å². The van der Waals surface area contributed by atoms with Crippen molar-refractivity contribution in [3.8, 4) is 0 Å². The van der Waals surface area contributed by atoms with Crippen LogP contribution in [0.4, 0.5) is 0 Å². The summed E-state index contributed by atoms with van der Waals surface area (Å²) >= 11 is 0. The molecule has 1 unspecified atom stereocenters. The van der Waals surface area contributed by atoms with Crippen LogP contribution in [0.15, 0.2) is 12.7 Å². The third-order valence-electron chi connectivity index (χ3n) is 2.26. The van der Waals surface area contributed by atoms with Gasteiger partial charge in [-0.2, -0.15) is 0 Å². The van der Waals surface area contributed by atoms with E-state index in [1.54, 1.807) is 6.08 Å². The Morgan fingerprint density at radius 1 is 1.80 bits per heavy atom. The Bertz CT molecular complexity index is 163. The number of allylic oxidation sites excluding steroid dienone is 1. The Hall–Kier alpha value is -0.790. The maximum absolute atomic E-state index is 10.5. The molecule has 0 aliphatic heterocycles. The van der Waals surface area contributed by atoms with Crippen LogP contribution in [0.2, 0.25) is 0 Å². The van der Waals surface area contributed by atoms with Crippen LogP contribution in [0, 0.1) is 17.8 Å². The normalized spacial score (nSPS) is 37.1. The zero-order valence-corrected chi connectivity index (χ0v) is 6.08. The molecule has 0 heterocycles. The van der Waals surface area contributed by atoms with Crippen LogP contribution in [0.1, 0.15) is 13.3 Å². The summed E-state index contributed by atoms with van der Waals surface area (Å²) in [5.74, 6) is -0.211. The van der Waals surface area contributed by atoms with Gasteiger partial charge in [-0.1, -0.05) is 19.4 Å². The van der Waals surface area contributed by atoms with Gasteiger partial charge in [-0.25, -0.2) is 0 Å². The van der Waals surface area contributed by atoms with Gasteiger partial charge in [0, 0.05) is 0 Å². The van der Waals surface area contributed by atoms with E-state index in [0.29, 0.717) is 5.92 Å². The Morgan fingerprint density at radius 2 is 2.40 bits per heavy atom. The highest BCUT2D eigenvalue weighted by molar-refractivity contribution is 5.74. The quantitative estimate of drug-likeness (QED) is 0.603. The van der Waals surface area contributed by atoms with Gasteiger partial charge in [0.1, 0.15) is 0 Å². The largest absolute Gasteiger partial charge is 0.481 e. The lowest BCUT2D eigenvalue weighted by Crippen LogP contribution is -1.99. The SMILES string of the molecule is C=CC1[C@H](CC)[C@H]1C(=O)O. The van der Waals surface area contributed by atoms with Gasteiger partial charge in [-0.15, -0.1) is 6.58 Å². The van der Waals surface area contributed by atoms with Gasteiger partial charge < -0.3 is 5.11 Å². The molecule has 10 heavy (non-hydrogen) atoms. The monoisotopic (exact) mass is 140 g/mol. The van der Waals surface area contributed by atoms with Crippen molar-refractivity contribution >= 4 is 5.97 Å². The number of aliphatic carboxylic acids is 1. The zero-order chi connectivity index (χ0) is 7.72. The Labute approximate surface area is 60.6 Å². The summed E-state index contributed by atoms with van der Waals surface area (Å²) < 4.78 is 0. The number of hydrogen-bond acceptors (Lipinski definition) is 1. The molecule has 1 N–H and O–H groups in total. The molecule has 1 fully saturated rings. The summed E-state index contributed by atoms with van der Waals surface area (Å²) in [6.45, 7) is 5.61. The first kappa shape index (κ1) is 7.32. The lowest BCUT2D eigenvalue weighted by Gasteiger charge is -1.84. The van der Waals surface area contributed by atoms with Crippen molar-refractivity contribution in [3.63, 3.8) is 0 Å². The molecular weight excluding hydrogens is 128 g/mol. The van der Waals surface area contributed by atoms with Crippen LogP contribution >= 0.6 is 0 Å². The number of hydrogen-bond donors (Lipinski definition) is 1. The standard InChI is InChI=1S/C8H12O2/c1-3-5-6(4-2)7(5)8(9)10/h3,5-7H,1,4H2,2H3,(H,9,10)/t5?,6-,7-/m0/s1. The van der Waals surface area contributed by atoms with Gasteiger partial charge in [0.2, 0.25) is 0 Å². The molecule has 3 atom stereocenters. The van der Waals surface area contributed by atoms with E-state index >= 15 is 0 Å². The van der Waals surface area contributed by atoms with Crippen molar-refractivity contribution in [2.75, 3.05) is 0 Å². The molecule has 0 saturated heterocycles. The summed E-state index contributed by atoms with van der Waals surface area (Å²) in [6.07, 6.45) is 2.71. The lowest BCUT2D eigenvalue weighted by molar-refractivity contribution is -0.139. The van der Waals surface area contributed by atoms with Crippen molar-refractivity contribution in [2.45, 2.75) is 13.3 Å². The molecular formula is C8H12O2. The molecule has 0 aromatic rings. The highest BCUT2D eigenvalue weighted by atomic mass is 16.4. The number of carbonyl (C=O) groups is 1. The van der Waals surface area contributed by atoms with Gasteiger partial charge in [0.25, 0.3) is 0 Å². The maximum atomic E-state index is 10.5. The van der Waals surface area contributed by atoms with Crippen LogP contribution in [-0.2, 0) is 4.79 Å². The van der Waals surface area contributed by atoms with Crippen LogP contribution in [0.5, 0.6) is 0 Å². The molecule has 0 aromatic carbocycles. The minimum Gasteiger partial charge on any atom is -0.481 e. The van der Waals surface area contributed by atoms with Crippen molar-refractivity contribution in [1.29, 1.82) is 0 Å². The van der Waals surface area contributed by atoms with E-state index in [-0.39, 0.29) is 11.8 Å². The highest BCUT2D eigenvalue weighted by Crippen LogP contribution is 2.49. The smallest absolute Gasteiger partial charge is 0.307 e. The first-order chi connectivity index (χ1) is 4.72. The third kappa shape index (κ3) is 0.939. The number of carboxylic acid groups (broad SMARTS) is 1. The van der Waals surface area contributed by atoms with Crippen LogP contribution in [0.25, 0.3) is 0 Å². The summed E-state index contributed by atoms with van der Waals surface area (Å²) in [6, 6.07) is 0. The van der Waals surface area contributed by atoms with E-state index in [1.165, 1.54) is 0 Å². The van der Waals surface area contributed by atoms with Crippen molar-refractivity contribution in [2.24, 2.45) is 17.8 Å². The van der Waals surface area contributed by atoms with Gasteiger partial charge in [-0.3, -0.25) is 4.79 Å². The van der Waals surface area contributed by atoms with Gasteiger partial charge in [0.15, 0.2) is 0 Å². The maximum Gasteiger partial charge on any atom is 0.307 e. The topological polar surface area (TPSA) is 37.3 Å². The molecule has 1 aliphatic carbocycles. The van der Waals surface area contributed by atoms with Gasteiger partial charge >= 0.3 is 5.97 Å². The average Bonchev–Trinajstić information content (AvgIpc) is 2.60. The Kier molecular flexibility index (Phi) is 1.79. The fraction of sp³-hybridized carbons (Fsp3) is 0.625. The van der Waals surface area contributed by atoms with E-state index in [2.05, 4.69) is 6.58 Å². The molecule has 1 saturated carbocycles. The average molecular weight is 140 g/mol. The van der Waals surface area contributed by atoms with E-state index in [0.717, 1.165) is 6.42 Å². The van der Waals surface area contributed by atoms with Crippen molar-refractivity contribution < 1.29 is 9.90 Å². The fourth-order valence-electron chi connectivity index (χ4n) is 1.60. The Morgan fingerprint density at radius 3 is 2.50 bits per heavy atom. The summed E-state index contributed by atoms with van der Waals surface area (Å²) in [7, 11) is 0. The van der Waals surface area contributed by atoms with Gasteiger partial charge in [0.05, 0.1) is 5.92 Å². The second kappa shape index (κ2) is 2.45. The molecule has 1 aliphatic rings. The van der Waals surface area contributed by atoms with Crippen LogP contribution in [0.3, 0.4) is 0 Å². The summed E-state index contributed by atoms with van der Waals surface area (Å²) in [5.41, 5.74) is 0. The molecule has 2 heteroatoms. The molecule has 1 rings (SSSR count). The first-order valence-corrected chi connectivity index (χ1v) is 3.57. The lowest BCUT2D eigenvalue weighted by atomic mass is 10.2. The Balaban J connectivity index is 2.51. The predicted molar refractivity (Wildman–Crippen MR) is 38.6 cm³/mol. The van der Waals surface area contributed by atoms with Crippen LogP contribution in [-0.4, -0.2) is 11.1 Å². The van der Waals surface area contributed by atoms with E-state index in [9.17, 15) is 4.79 Å². The van der Waals surface area contributed by atoms with E-state index in [1.807, 2.05) is 6.92 Å². The van der Waals surface area contributed by atoms with E-state index in [4.69, 9.17) is 5.11 Å². The minimum atomic E-state index is -0.670. The minimum absolute atomic E-state index is 0.137. The molecule has 0 radical (unpaired) electrons. The second-order valence-electron chi connectivity index (χ2n) is 2.75. The van der Waals surface area contributed by atoms with Gasteiger partial charge in [-0.05, 0) is 11.8 Å². The van der Waals surface area contributed by atoms with Crippen LogP contribution < -0.4 is 0 Å². The molecule has 0 bridgehead atoms. The third-order valence-corrected chi connectivity index (χ3v) is 2.26. The zero-order valence-electron chi connectivity index (χ0n) is 6.08. The first-order valence-electron chi connectivity index (χ1n) is 3.57. The predicted octanol–water partition coefficient (Wildman–Crippen LogP) is 1.53. The highest BCUT2D eigenvalue weighted by Gasteiger charge is 2.51. The molecule has 2 nitrogen and oxygen atoms in total. The summed E-state index contributed by atoms with van der Waals surface area (Å²) in [4.78, 5) is 10.5. The van der Waals surface area contributed by atoms with Crippen molar-refractivity contribution in [3.05, 3.63) is 12.7 Å². The van der Waals surface area contributed by atoms with Crippen molar-refractivity contribution in [1.82, 2.24) is 0 Å². The second-order valence-corrected chi connectivity index (χ2v) is 2.75. The molecule has 0 aromatic heterocycles.